The van der Waals surface area contributed by atoms with Crippen LogP contribution in [-0.4, -0.2) is 23.5 Å². The van der Waals surface area contributed by atoms with Gasteiger partial charge < -0.3 is 9.51 Å². The predicted octanol–water partition coefficient (Wildman–Crippen LogP) is 3.93. The van der Waals surface area contributed by atoms with Crippen LogP contribution < -0.4 is 0 Å². The number of H-pyrrole nitrogens is 1. The maximum absolute atomic E-state index is 11.8. The van der Waals surface area contributed by atoms with Crippen molar-refractivity contribution in [1.29, 1.82) is 0 Å². The van der Waals surface area contributed by atoms with Crippen molar-refractivity contribution in [3.05, 3.63) is 40.7 Å². The first-order valence-electron chi connectivity index (χ1n) is 6.51. The van der Waals surface area contributed by atoms with E-state index < -0.39 is 9.05 Å². The number of halogens is 2. The molecular weight excluding hydrogens is 361 g/mol. The fourth-order valence-electron chi connectivity index (χ4n) is 2.36. The molecule has 0 unspecified atom stereocenters. The van der Waals surface area contributed by atoms with Gasteiger partial charge in [-0.25, -0.2) is 8.42 Å². The normalized spacial score (nSPS) is 11.8. The summed E-state index contributed by atoms with van der Waals surface area (Å²) < 4.78 is 28.9. The Morgan fingerprint density at radius 2 is 1.78 bits per heavy atom. The Labute approximate surface area is 141 Å². The van der Waals surface area contributed by atoms with Crippen LogP contribution in [0, 0.1) is 13.8 Å². The molecule has 0 saturated heterocycles. The van der Waals surface area contributed by atoms with E-state index in [1.807, 2.05) is 0 Å². The first kappa shape index (κ1) is 16.0. The van der Waals surface area contributed by atoms with Gasteiger partial charge >= 0.3 is 0 Å². The monoisotopic (exact) mass is 371 g/mol. The minimum atomic E-state index is -3.96. The maximum atomic E-state index is 11.8. The van der Waals surface area contributed by atoms with E-state index >= 15 is 0 Å². The summed E-state index contributed by atoms with van der Waals surface area (Å²) in [5, 5.41) is 4.47. The largest absolute Gasteiger partial charge is 0.361 e. The third-order valence-corrected chi connectivity index (χ3v) is 5.02. The van der Waals surface area contributed by atoms with Gasteiger partial charge in [-0.1, -0.05) is 16.8 Å². The van der Waals surface area contributed by atoms with Crippen molar-refractivity contribution in [2.24, 2.45) is 0 Å². The summed E-state index contributed by atoms with van der Waals surface area (Å²) >= 11 is 5.84. The van der Waals surface area contributed by atoms with Crippen molar-refractivity contribution in [1.82, 2.24) is 15.1 Å². The lowest BCUT2D eigenvalue weighted by atomic mass is 10.2. The fraction of sp³-hybridized carbons (Fsp3) is 0.143. The second-order valence-electron chi connectivity index (χ2n) is 4.95. The fourth-order valence-corrected chi connectivity index (χ4v) is 3.97. The van der Waals surface area contributed by atoms with E-state index in [9.17, 15) is 8.42 Å². The van der Waals surface area contributed by atoms with Crippen LogP contribution in [-0.2, 0) is 9.05 Å². The van der Waals surface area contributed by atoms with Crippen LogP contribution in [0.1, 0.15) is 11.4 Å². The van der Waals surface area contributed by atoms with E-state index in [4.69, 9.17) is 26.8 Å². The van der Waals surface area contributed by atoms with Crippen molar-refractivity contribution in [3.63, 3.8) is 0 Å². The zero-order valence-electron chi connectivity index (χ0n) is 12.1. The molecule has 0 aliphatic heterocycles. The molecule has 0 bridgehead atoms. The van der Waals surface area contributed by atoms with Crippen LogP contribution in [0.15, 0.2) is 33.7 Å². The number of aromatic nitrogens is 3. The summed E-state index contributed by atoms with van der Waals surface area (Å²) in [5.41, 5.74) is 1.97. The van der Waals surface area contributed by atoms with Crippen LogP contribution in [0.5, 0.6) is 0 Å². The molecule has 3 rings (SSSR count). The topological polar surface area (TPSA) is 88.9 Å². The zero-order chi connectivity index (χ0) is 16.8. The molecule has 0 amide bonds. The number of aryl methyl sites for hydroxylation is 2. The highest BCUT2D eigenvalue weighted by Gasteiger charge is 2.27. The zero-order valence-corrected chi connectivity index (χ0v) is 14.4. The molecule has 0 aliphatic rings. The lowest BCUT2D eigenvalue weighted by Gasteiger charge is -1.98. The van der Waals surface area contributed by atoms with Gasteiger partial charge in [-0.05, 0) is 38.1 Å². The Morgan fingerprint density at radius 1 is 1.13 bits per heavy atom. The molecule has 3 aromatic rings. The summed E-state index contributed by atoms with van der Waals surface area (Å²) in [6.45, 7) is 3.32. The Balaban J connectivity index is 2.13. The van der Waals surface area contributed by atoms with Gasteiger partial charge in [0.15, 0.2) is 0 Å². The summed E-state index contributed by atoms with van der Waals surface area (Å²) in [5.74, 6) is 0.406. The third kappa shape index (κ3) is 2.99. The SMILES string of the molecule is Cc1[nH]c(C)c(S(=O)(=O)Cl)c1-c1nc(-c2ccc(Cl)cc2)no1. The van der Waals surface area contributed by atoms with E-state index in [1.54, 1.807) is 38.1 Å². The predicted molar refractivity (Wildman–Crippen MR) is 87.0 cm³/mol. The van der Waals surface area contributed by atoms with Crippen LogP contribution in [0.2, 0.25) is 5.02 Å². The van der Waals surface area contributed by atoms with Gasteiger partial charge in [0, 0.05) is 32.7 Å². The molecule has 9 heteroatoms. The Hall–Kier alpha value is -1.83. The number of nitrogens with one attached hydrogen (secondary N) is 1. The average molecular weight is 372 g/mol. The molecule has 6 nitrogen and oxygen atoms in total. The van der Waals surface area contributed by atoms with E-state index in [1.165, 1.54) is 0 Å². The molecule has 120 valence electrons. The van der Waals surface area contributed by atoms with Crippen molar-refractivity contribution in [2.45, 2.75) is 18.7 Å². The summed E-state index contributed by atoms with van der Waals surface area (Å²) in [6, 6.07) is 6.89. The highest BCUT2D eigenvalue weighted by Crippen LogP contribution is 2.35. The molecule has 1 aromatic carbocycles. The van der Waals surface area contributed by atoms with E-state index in [0.717, 1.165) is 0 Å². The van der Waals surface area contributed by atoms with Crippen molar-refractivity contribution in [3.8, 4) is 22.8 Å². The maximum Gasteiger partial charge on any atom is 0.263 e. The van der Waals surface area contributed by atoms with Crippen molar-refractivity contribution >= 4 is 31.3 Å². The molecule has 2 aromatic heterocycles. The van der Waals surface area contributed by atoms with E-state index in [-0.39, 0.29) is 16.3 Å². The molecule has 2 heterocycles. The molecule has 0 aliphatic carbocycles. The minimum absolute atomic E-state index is 0.0528. The second-order valence-corrected chi connectivity index (χ2v) is 7.89. The first-order valence-corrected chi connectivity index (χ1v) is 9.20. The molecule has 0 spiro atoms. The summed E-state index contributed by atoms with van der Waals surface area (Å²) in [4.78, 5) is 7.14. The lowest BCUT2D eigenvalue weighted by molar-refractivity contribution is 0.431. The van der Waals surface area contributed by atoms with Gasteiger partial charge in [0.25, 0.3) is 14.9 Å². The number of rotatable bonds is 3. The molecule has 23 heavy (non-hydrogen) atoms. The number of hydrogen-bond acceptors (Lipinski definition) is 5. The number of aromatic amines is 1. The van der Waals surface area contributed by atoms with Crippen LogP contribution in [0.25, 0.3) is 22.8 Å². The molecule has 0 radical (unpaired) electrons. The van der Waals surface area contributed by atoms with Crippen molar-refractivity contribution in [2.75, 3.05) is 0 Å². The number of hydrogen-bond donors (Lipinski definition) is 1. The smallest absolute Gasteiger partial charge is 0.263 e. The first-order chi connectivity index (χ1) is 10.8. The Kier molecular flexibility index (Phi) is 3.95. The van der Waals surface area contributed by atoms with Gasteiger partial charge in [0.1, 0.15) is 4.90 Å². The molecule has 0 atom stereocenters. The number of nitrogens with zero attached hydrogens (tertiary/aromatic N) is 2. The highest BCUT2D eigenvalue weighted by atomic mass is 35.7. The van der Waals surface area contributed by atoms with Crippen molar-refractivity contribution < 1.29 is 12.9 Å². The Bertz CT molecular complexity index is 975. The van der Waals surface area contributed by atoms with Crippen LogP contribution in [0.4, 0.5) is 0 Å². The summed E-state index contributed by atoms with van der Waals surface area (Å²) in [7, 11) is 1.56. The van der Waals surface area contributed by atoms with Gasteiger partial charge in [0.2, 0.25) is 5.82 Å². The molecule has 0 saturated carbocycles. The standard InChI is InChI=1S/C14H11Cl2N3O3S/c1-7-11(12(8(2)17-7)23(16,20)21)14-18-13(19-22-14)9-3-5-10(15)6-4-9/h3-6,17H,1-2H3. The van der Waals surface area contributed by atoms with Crippen LogP contribution in [0.3, 0.4) is 0 Å². The van der Waals surface area contributed by atoms with Gasteiger partial charge in [0.05, 0.1) is 5.56 Å². The van der Waals surface area contributed by atoms with E-state index in [2.05, 4.69) is 15.1 Å². The third-order valence-electron chi connectivity index (χ3n) is 3.30. The molecule has 0 fully saturated rings. The lowest BCUT2D eigenvalue weighted by Crippen LogP contribution is -1.94. The quantitative estimate of drug-likeness (QED) is 0.704. The minimum Gasteiger partial charge on any atom is -0.361 e. The average Bonchev–Trinajstić information content (AvgIpc) is 3.03. The molecular formula is C14H11Cl2N3O3S. The van der Waals surface area contributed by atoms with E-state index in [0.29, 0.717) is 27.8 Å². The highest BCUT2D eigenvalue weighted by molar-refractivity contribution is 8.13. The van der Waals surface area contributed by atoms with Gasteiger partial charge in [-0.2, -0.15) is 4.98 Å². The van der Waals surface area contributed by atoms with Gasteiger partial charge in [-0.15, -0.1) is 0 Å². The number of benzene rings is 1. The molecule has 1 N–H and O–H groups in total. The second kappa shape index (κ2) is 5.67. The summed E-state index contributed by atoms with van der Waals surface area (Å²) in [6.07, 6.45) is 0. The van der Waals surface area contributed by atoms with Crippen LogP contribution >= 0.6 is 22.3 Å². The Morgan fingerprint density at radius 3 is 2.39 bits per heavy atom. The van der Waals surface area contributed by atoms with Gasteiger partial charge in [-0.3, -0.25) is 0 Å².